The number of amides is 3. The summed E-state index contributed by atoms with van der Waals surface area (Å²) in [5.74, 6) is -1.40. The van der Waals surface area contributed by atoms with Crippen LogP contribution in [0.25, 0.3) is 0 Å². The third-order valence-electron chi connectivity index (χ3n) is 6.90. The molecule has 3 amide bonds. The molecule has 0 spiro atoms. The average molecular weight is 653 g/mol. The van der Waals surface area contributed by atoms with E-state index in [1.54, 1.807) is 73.8 Å². The highest BCUT2D eigenvalue weighted by atomic mass is 79.9. The van der Waals surface area contributed by atoms with Crippen LogP contribution < -0.4 is 24.6 Å². The van der Waals surface area contributed by atoms with Crippen LogP contribution >= 0.6 is 39.0 Å². The van der Waals surface area contributed by atoms with Gasteiger partial charge in [0, 0.05) is 26.5 Å². The van der Waals surface area contributed by atoms with Crippen molar-refractivity contribution < 1.29 is 23.9 Å². The number of para-hydroxylation sites is 1. The molecule has 9 nitrogen and oxygen atoms in total. The third kappa shape index (κ3) is 5.18. The van der Waals surface area contributed by atoms with Crippen molar-refractivity contribution in [1.82, 2.24) is 4.98 Å². The number of fused-ring (bicyclic) bond motifs is 2. The molecule has 0 bridgehead atoms. The van der Waals surface area contributed by atoms with Crippen molar-refractivity contribution in [2.24, 2.45) is 5.92 Å². The van der Waals surface area contributed by atoms with E-state index in [9.17, 15) is 19.2 Å². The first-order chi connectivity index (χ1) is 19.8. The van der Waals surface area contributed by atoms with E-state index in [2.05, 4.69) is 26.2 Å². The number of carbonyl (C=O) groups is 3. The number of aromatic amines is 1. The molecule has 0 saturated carbocycles. The van der Waals surface area contributed by atoms with E-state index in [0.29, 0.717) is 38.3 Å². The highest BCUT2D eigenvalue weighted by molar-refractivity contribution is 9.10. The topological polar surface area (TPSA) is 118 Å². The van der Waals surface area contributed by atoms with Crippen LogP contribution in [0.3, 0.4) is 0 Å². The molecule has 1 saturated heterocycles. The molecule has 6 rings (SSSR count). The predicted molar refractivity (Wildman–Crippen MR) is 160 cm³/mol. The van der Waals surface area contributed by atoms with Crippen molar-refractivity contribution in [3.05, 3.63) is 97.4 Å². The van der Waals surface area contributed by atoms with Crippen LogP contribution in [0.4, 0.5) is 11.4 Å². The number of nitrogens with one attached hydrogen (secondary N) is 2. The van der Waals surface area contributed by atoms with Crippen LogP contribution in [0.1, 0.15) is 16.4 Å². The first-order valence-electron chi connectivity index (χ1n) is 12.5. The zero-order valence-electron chi connectivity index (χ0n) is 21.5. The molecule has 4 aromatic rings. The first-order valence-corrected chi connectivity index (χ1v) is 15.0. The van der Waals surface area contributed by atoms with E-state index in [0.717, 1.165) is 15.8 Å². The number of anilines is 2. The maximum Gasteiger partial charge on any atom is 0.305 e. The van der Waals surface area contributed by atoms with Crippen molar-refractivity contribution in [2.45, 2.75) is 16.2 Å². The summed E-state index contributed by atoms with van der Waals surface area (Å²) in [7, 11) is 1.56. The third-order valence-corrected chi connectivity index (χ3v) is 9.83. The lowest BCUT2D eigenvalue weighted by Gasteiger charge is -2.30. The zero-order valence-corrected chi connectivity index (χ0v) is 24.7. The summed E-state index contributed by atoms with van der Waals surface area (Å²) in [6.45, 7) is -0.285. The van der Waals surface area contributed by atoms with E-state index in [1.807, 2.05) is 6.07 Å². The molecule has 0 aliphatic carbocycles. The smallest absolute Gasteiger partial charge is 0.305 e. The van der Waals surface area contributed by atoms with Gasteiger partial charge in [-0.15, -0.1) is 0 Å². The minimum Gasteiger partial charge on any atom is -0.497 e. The van der Waals surface area contributed by atoms with Crippen LogP contribution in [-0.4, -0.2) is 41.7 Å². The van der Waals surface area contributed by atoms with Gasteiger partial charge in [-0.05, 0) is 54.6 Å². The van der Waals surface area contributed by atoms with Crippen LogP contribution in [-0.2, 0) is 14.4 Å². The Kier molecular flexibility index (Phi) is 7.45. The normalized spacial score (nSPS) is 19.5. The second-order valence-electron chi connectivity index (χ2n) is 9.34. The minimum atomic E-state index is -0.770. The lowest BCUT2D eigenvalue weighted by molar-refractivity contribution is -0.122. The highest BCUT2D eigenvalue weighted by Gasteiger charge is 2.56. The van der Waals surface area contributed by atoms with E-state index in [-0.39, 0.29) is 29.2 Å². The Labute approximate surface area is 251 Å². The molecular weight excluding hydrogens is 630 g/mol. The molecule has 41 heavy (non-hydrogen) atoms. The molecule has 3 atom stereocenters. The lowest BCUT2D eigenvalue weighted by atomic mass is 9.82. The number of imide groups is 1. The molecule has 1 fully saturated rings. The van der Waals surface area contributed by atoms with Crippen LogP contribution in [0.15, 0.2) is 87.1 Å². The molecule has 208 valence electrons. The van der Waals surface area contributed by atoms with E-state index < -0.39 is 17.1 Å². The Morgan fingerprint density at radius 1 is 1.00 bits per heavy atom. The fraction of sp³-hybridized carbons (Fsp3) is 0.172. The van der Waals surface area contributed by atoms with Crippen molar-refractivity contribution in [3.63, 3.8) is 0 Å². The molecule has 3 aromatic carbocycles. The predicted octanol–water partition coefficient (Wildman–Crippen LogP) is 5.02. The van der Waals surface area contributed by atoms with Gasteiger partial charge in [0.2, 0.25) is 11.8 Å². The van der Waals surface area contributed by atoms with E-state index >= 15 is 0 Å². The number of halogens is 1. The number of methoxy groups -OCH3 is 1. The number of benzene rings is 3. The van der Waals surface area contributed by atoms with Gasteiger partial charge in [-0.1, -0.05) is 57.2 Å². The Morgan fingerprint density at radius 3 is 2.46 bits per heavy atom. The van der Waals surface area contributed by atoms with Crippen molar-refractivity contribution >= 4 is 68.1 Å². The summed E-state index contributed by atoms with van der Waals surface area (Å²) in [5, 5.41) is 2.61. The van der Waals surface area contributed by atoms with Gasteiger partial charge in [0.1, 0.15) is 16.7 Å². The Hall–Kier alpha value is -3.87. The second kappa shape index (κ2) is 11.2. The molecule has 12 heteroatoms. The number of hydrogen-bond donors (Lipinski definition) is 2. The van der Waals surface area contributed by atoms with Gasteiger partial charge in [0.05, 0.1) is 23.7 Å². The number of ether oxygens (including phenoxy) is 2. The first kappa shape index (κ1) is 27.3. The quantitative estimate of drug-likeness (QED) is 0.269. The Balaban J connectivity index is 1.31. The monoisotopic (exact) mass is 651 g/mol. The Bertz CT molecular complexity index is 1700. The van der Waals surface area contributed by atoms with Gasteiger partial charge in [-0.25, -0.2) is 4.90 Å². The van der Waals surface area contributed by atoms with Gasteiger partial charge in [-0.3, -0.25) is 19.2 Å². The number of nitrogens with zero attached hydrogens (tertiary/aromatic N) is 1. The van der Waals surface area contributed by atoms with Gasteiger partial charge in [-0.2, -0.15) is 0 Å². The fourth-order valence-corrected chi connectivity index (χ4v) is 7.85. The molecule has 3 heterocycles. The Morgan fingerprint density at radius 2 is 1.73 bits per heavy atom. The summed E-state index contributed by atoms with van der Waals surface area (Å²) in [5.41, 5.74) is 1.69. The van der Waals surface area contributed by atoms with Gasteiger partial charge in [0.25, 0.3) is 5.91 Å². The van der Waals surface area contributed by atoms with Gasteiger partial charge >= 0.3 is 4.87 Å². The standard InChI is InChI=1S/C29H22BrN3O6S2/c1-38-18-12-8-16(9-13-18)31-21(34)14-39-20-5-3-2-4-19(20)22-23-25(40-26-24(22)41-29(37)32-26)28(36)33(27(23)35)17-10-6-15(30)7-11-17/h2-13,22-23,25H,14H2,1H3,(H,31,34)(H,32,37). The van der Waals surface area contributed by atoms with Crippen LogP contribution in [0.2, 0.25) is 0 Å². The molecule has 2 N–H and O–H groups in total. The van der Waals surface area contributed by atoms with E-state index in [4.69, 9.17) is 9.47 Å². The second-order valence-corrected chi connectivity index (χ2v) is 12.4. The fourth-order valence-electron chi connectivity index (χ4n) is 5.08. The summed E-state index contributed by atoms with van der Waals surface area (Å²) >= 11 is 5.62. The largest absolute Gasteiger partial charge is 0.497 e. The van der Waals surface area contributed by atoms with Gasteiger partial charge < -0.3 is 19.8 Å². The summed E-state index contributed by atoms with van der Waals surface area (Å²) in [6, 6.07) is 21.0. The number of hydrogen-bond acceptors (Lipinski definition) is 8. The number of aromatic nitrogens is 1. The number of H-pyrrole nitrogens is 1. The number of carbonyl (C=O) groups excluding carboxylic acids is 3. The molecule has 1 aromatic heterocycles. The maximum atomic E-state index is 13.9. The van der Waals surface area contributed by atoms with Crippen molar-refractivity contribution in [3.8, 4) is 11.5 Å². The molecular formula is C29H22BrN3O6S2. The SMILES string of the molecule is COc1ccc(NC(=O)COc2ccccc2C2c3sc(=O)[nH]c3SC3C(=O)N(c4ccc(Br)cc4)C(=O)C32)cc1. The summed E-state index contributed by atoms with van der Waals surface area (Å²) < 4.78 is 12.0. The average Bonchev–Trinajstić information content (AvgIpc) is 3.47. The number of thiazole rings is 1. The lowest BCUT2D eigenvalue weighted by Crippen LogP contribution is -2.32. The van der Waals surface area contributed by atoms with Crippen LogP contribution in [0.5, 0.6) is 11.5 Å². The van der Waals surface area contributed by atoms with Gasteiger partial charge in [0.15, 0.2) is 6.61 Å². The van der Waals surface area contributed by atoms with E-state index in [1.165, 1.54) is 16.7 Å². The summed E-state index contributed by atoms with van der Waals surface area (Å²) in [4.78, 5) is 57.2. The number of rotatable bonds is 7. The maximum absolute atomic E-state index is 13.9. The minimum absolute atomic E-state index is 0.269. The molecule has 3 unspecified atom stereocenters. The molecule has 2 aliphatic rings. The van der Waals surface area contributed by atoms with Crippen molar-refractivity contribution in [2.75, 3.05) is 23.9 Å². The van der Waals surface area contributed by atoms with Crippen LogP contribution in [0, 0.1) is 5.92 Å². The zero-order chi connectivity index (χ0) is 28.7. The number of thioether (sulfide) groups is 1. The van der Waals surface area contributed by atoms with Crippen molar-refractivity contribution in [1.29, 1.82) is 0 Å². The summed E-state index contributed by atoms with van der Waals surface area (Å²) in [6.07, 6.45) is 0. The highest BCUT2D eigenvalue weighted by Crippen LogP contribution is 2.54. The molecule has 2 aliphatic heterocycles. The molecule has 0 radical (unpaired) electrons.